The van der Waals surface area contributed by atoms with Gasteiger partial charge in [-0.05, 0) is 44.4 Å². The zero-order valence-corrected chi connectivity index (χ0v) is 12.5. The van der Waals surface area contributed by atoms with Gasteiger partial charge in [-0.1, -0.05) is 30.7 Å². The maximum absolute atomic E-state index is 13.4. The molecule has 0 amide bonds. The van der Waals surface area contributed by atoms with Gasteiger partial charge in [0.05, 0.1) is 5.02 Å². The van der Waals surface area contributed by atoms with Crippen LogP contribution in [0.1, 0.15) is 32.3 Å². The molecule has 0 aliphatic heterocycles. The molecule has 2 nitrogen and oxygen atoms in total. The molecule has 1 aromatic carbocycles. The zero-order chi connectivity index (χ0) is 14.1. The molecule has 0 heterocycles. The molecule has 1 atom stereocenters. The second kappa shape index (κ2) is 9.29. The van der Waals surface area contributed by atoms with Gasteiger partial charge in [-0.15, -0.1) is 0 Å². The van der Waals surface area contributed by atoms with Crippen LogP contribution in [0.25, 0.3) is 0 Å². The summed E-state index contributed by atoms with van der Waals surface area (Å²) >= 11 is 5.99. The predicted molar refractivity (Wildman–Crippen MR) is 78.3 cm³/mol. The summed E-state index contributed by atoms with van der Waals surface area (Å²) < 4.78 is 18.7. The molecule has 19 heavy (non-hydrogen) atoms. The normalized spacial score (nSPS) is 12.6. The molecule has 0 bridgehead atoms. The van der Waals surface area contributed by atoms with Gasteiger partial charge in [-0.25, -0.2) is 4.39 Å². The Morgan fingerprint density at radius 1 is 1.37 bits per heavy atom. The van der Waals surface area contributed by atoms with Crippen molar-refractivity contribution in [2.45, 2.75) is 39.2 Å². The van der Waals surface area contributed by atoms with E-state index in [-0.39, 0.29) is 10.8 Å². The molecular weight excluding hydrogens is 265 g/mol. The van der Waals surface area contributed by atoms with E-state index in [1.807, 2.05) is 13.0 Å². The molecule has 1 aromatic rings. The Balaban J connectivity index is 2.54. The highest BCUT2D eigenvalue weighted by Gasteiger charge is 2.12. The van der Waals surface area contributed by atoms with E-state index in [1.165, 1.54) is 6.07 Å². The van der Waals surface area contributed by atoms with E-state index in [4.69, 9.17) is 16.3 Å². The summed E-state index contributed by atoms with van der Waals surface area (Å²) in [6.45, 7) is 6.49. The maximum Gasteiger partial charge on any atom is 0.142 e. The number of hydrogen-bond donors (Lipinski definition) is 1. The summed E-state index contributed by atoms with van der Waals surface area (Å²) in [6.07, 6.45) is 2.75. The summed E-state index contributed by atoms with van der Waals surface area (Å²) in [5.41, 5.74) is 0.865. The first-order chi connectivity index (χ1) is 9.19. The van der Waals surface area contributed by atoms with Crippen LogP contribution in [0.3, 0.4) is 0 Å². The highest BCUT2D eigenvalue weighted by Crippen LogP contribution is 2.21. The minimum atomic E-state index is -0.344. The number of hydrogen-bond acceptors (Lipinski definition) is 2. The Bertz CT molecular complexity index is 373. The lowest BCUT2D eigenvalue weighted by molar-refractivity contribution is 0.141. The number of likely N-dealkylation sites (N-methyl/N-ethyl adjacent to an activating group) is 1. The summed E-state index contributed by atoms with van der Waals surface area (Å²) in [7, 11) is 0. The van der Waals surface area contributed by atoms with Crippen LogP contribution in [0.4, 0.5) is 4.39 Å². The standard InChI is InChI=1S/C15H23ClFNO/c1-3-18-13(8-6-10-19-4-2)11-12-7-5-9-14(17)15(12)16/h5,7,9,13,18H,3-4,6,8,10-11H2,1-2H3. The van der Waals surface area contributed by atoms with Crippen LogP contribution in [-0.2, 0) is 11.2 Å². The number of halogens is 2. The Hall–Kier alpha value is -0.640. The topological polar surface area (TPSA) is 21.3 Å². The monoisotopic (exact) mass is 287 g/mol. The van der Waals surface area contributed by atoms with Gasteiger partial charge in [0.15, 0.2) is 0 Å². The van der Waals surface area contributed by atoms with Crippen molar-refractivity contribution in [3.63, 3.8) is 0 Å². The van der Waals surface area contributed by atoms with E-state index in [0.717, 1.165) is 44.6 Å². The Labute approximate surface area is 120 Å². The van der Waals surface area contributed by atoms with Crippen LogP contribution in [0, 0.1) is 5.82 Å². The zero-order valence-electron chi connectivity index (χ0n) is 11.7. The van der Waals surface area contributed by atoms with Gasteiger partial charge < -0.3 is 10.1 Å². The molecule has 0 fully saturated rings. The molecule has 108 valence electrons. The van der Waals surface area contributed by atoms with Gasteiger partial charge >= 0.3 is 0 Å². The highest BCUT2D eigenvalue weighted by molar-refractivity contribution is 6.31. The van der Waals surface area contributed by atoms with Gasteiger partial charge in [-0.2, -0.15) is 0 Å². The van der Waals surface area contributed by atoms with Crippen molar-refractivity contribution in [2.75, 3.05) is 19.8 Å². The SMILES string of the molecule is CCNC(CCCOCC)Cc1cccc(F)c1Cl. The van der Waals surface area contributed by atoms with Crippen LogP contribution in [0.15, 0.2) is 18.2 Å². The van der Waals surface area contributed by atoms with Crippen molar-refractivity contribution >= 4 is 11.6 Å². The Morgan fingerprint density at radius 2 is 2.16 bits per heavy atom. The molecule has 0 saturated heterocycles. The first kappa shape index (κ1) is 16.4. The summed E-state index contributed by atoms with van der Waals surface area (Å²) in [5, 5.41) is 3.66. The predicted octanol–water partition coefficient (Wildman–Crippen LogP) is 3.82. The summed E-state index contributed by atoms with van der Waals surface area (Å²) in [6, 6.07) is 5.30. The summed E-state index contributed by atoms with van der Waals surface area (Å²) in [5.74, 6) is -0.344. The highest BCUT2D eigenvalue weighted by atomic mass is 35.5. The first-order valence-electron chi connectivity index (χ1n) is 6.93. The molecule has 0 saturated carbocycles. The lowest BCUT2D eigenvalue weighted by Gasteiger charge is -2.18. The first-order valence-corrected chi connectivity index (χ1v) is 7.30. The molecule has 4 heteroatoms. The largest absolute Gasteiger partial charge is 0.382 e. The third kappa shape index (κ3) is 5.89. The number of rotatable bonds is 9. The smallest absolute Gasteiger partial charge is 0.142 e. The molecule has 0 spiro atoms. The third-order valence-electron chi connectivity index (χ3n) is 3.04. The van der Waals surface area contributed by atoms with Crippen molar-refractivity contribution in [3.8, 4) is 0 Å². The van der Waals surface area contributed by atoms with Crippen molar-refractivity contribution in [1.82, 2.24) is 5.32 Å². The van der Waals surface area contributed by atoms with Gasteiger partial charge in [0.25, 0.3) is 0 Å². The average molecular weight is 288 g/mol. The van der Waals surface area contributed by atoms with E-state index in [1.54, 1.807) is 6.07 Å². The molecular formula is C15H23ClFNO. The molecule has 1 unspecified atom stereocenters. The van der Waals surface area contributed by atoms with Gasteiger partial charge in [0.1, 0.15) is 5.82 Å². The fraction of sp³-hybridized carbons (Fsp3) is 0.600. The van der Waals surface area contributed by atoms with Crippen LogP contribution >= 0.6 is 11.6 Å². The van der Waals surface area contributed by atoms with Crippen LogP contribution in [-0.4, -0.2) is 25.8 Å². The van der Waals surface area contributed by atoms with E-state index < -0.39 is 0 Å². The fourth-order valence-electron chi connectivity index (χ4n) is 2.11. The minimum Gasteiger partial charge on any atom is -0.382 e. The number of benzene rings is 1. The van der Waals surface area contributed by atoms with Crippen molar-refractivity contribution in [1.29, 1.82) is 0 Å². The second-order valence-corrected chi connectivity index (χ2v) is 4.89. The molecule has 1 N–H and O–H groups in total. The lowest BCUT2D eigenvalue weighted by atomic mass is 10.0. The van der Waals surface area contributed by atoms with E-state index >= 15 is 0 Å². The average Bonchev–Trinajstić information content (AvgIpc) is 2.40. The van der Waals surface area contributed by atoms with Crippen LogP contribution in [0.5, 0.6) is 0 Å². The lowest BCUT2D eigenvalue weighted by Crippen LogP contribution is -2.31. The minimum absolute atomic E-state index is 0.246. The molecule has 1 rings (SSSR count). The summed E-state index contributed by atoms with van der Waals surface area (Å²) in [4.78, 5) is 0. The molecule has 0 aromatic heterocycles. The van der Waals surface area contributed by atoms with Crippen molar-refractivity contribution in [2.24, 2.45) is 0 Å². The molecule has 0 radical (unpaired) electrons. The van der Waals surface area contributed by atoms with Crippen LogP contribution in [0.2, 0.25) is 5.02 Å². The van der Waals surface area contributed by atoms with Gasteiger partial charge in [0, 0.05) is 19.3 Å². The fourth-order valence-corrected chi connectivity index (χ4v) is 2.32. The number of ether oxygens (including phenoxy) is 1. The van der Waals surface area contributed by atoms with Gasteiger partial charge in [0.2, 0.25) is 0 Å². The van der Waals surface area contributed by atoms with Crippen molar-refractivity contribution in [3.05, 3.63) is 34.6 Å². The van der Waals surface area contributed by atoms with E-state index in [9.17, 15) is 4.39 Å². The third-order valence-corrected chi connectivity index (χ3v) is 3.46. The quantitative estimate of drug-likeness (QED) is 0.697. The molecule has 0 aliphatic rings. The Kier molecular flexibility index (Phi) is 8.03. The second-order valence-electron chi connectivity index (χ2n) is 4.51. The molecule has 0 aliphatic carbocycles. The number of nitrogens with one attached hydrogen (secondary N) is 1. The Morgan fingerprint density at radius 3 is 2.84 bits per heavy atom. The van der Waals surface area contributed by atoms with Gasteiger partial charge in [-0.3, -0.25) is 0 Å². The van der Waals surface area contributed by atoms with Crippen LogP contribution < -0.4 is 5.32 Å². The van der Waals surface area contributed by atoms with Crippen molar-refractivity contribution < 1.29 is 9.13 Å². The van der Waals surface area contributed by atoms with E-state index in [0.29, 0.717) is 6.04 Å². The van der Waals surface area contributed by atoms with E-state index in [2.05, 4.69) is 12.2 Å². The maximum atomic E-state index is 13.4.